The Kier molecular flexibility index (Phi) is 27.4. The molecule has 2 saturated carbocycles. The van der Waals surface area contributed by atoms with Crippen LogP contribution in [-0.4, -0.2) is 31.6 Å². The Morgan fingerprint density at radius 2 is 0.833 bits per heavy atom. The van der Waals surface area contributed by atoms with Gasteiger partial charge in [0.15, 0.2) is 0 Å². The molecule has 2 aliphatic rings. The van der Waals surface area contributed by atoms with Crippen LogP contribution in [0.4, 0.5) is 0 Å². The molecule has 284 valence electrons. The van der Waals surface area contributed by atoms with Gasteiger partial charge in [0.05, 0.1) is 11.9 Å². The average molecular weight is 672 g/mol. The largest absolute Gasteiger partial charge is 0.495 e. The van der Waals surface area contributed by atoms with Crippen molar-refractivity contribution in [3.05, 3.63) is 12.3 Å². The van der Waals surface area contributed by atoms with Crippen molar-refractivity contribution in [3.8, 4) is 0 Å². The van der Waals surface area contributed by atoms with Gasteiger partial charge < -0.3 is 9.64 Å². The summed E-state index contributed by atoms with van der Waals surface area (Å²) in [6.07, 6.45) is 48.7. The van der Waals surface area contributed by atoms with Gasteiger partial charge in [-0.05, 0) is 89.3 Å². The molecule has 2 heteroatoms. The van der Waals surface area contributed by atoms with Crippen LogP contribution in [0.25, 0.3) is 0 Å². The molecule has 0 spiro atoms. The number of rotatable bonds is 38. The predicted molar refractivity (Wildman–Crippen MR) is 215 cm³/mol. The van der Waals surface area contributed by atoms with Crippen LogP contribution in [0.2, 0.25) is 0 Å². The molecule has 4 atom stereocenters. The average Bonchev–Trinajstić information content (AvgIpc) is 3.99. The van der Waals surface area contributed by atoms with Crippen LogP contribution in [0.3, 0.4) is 0 Å². The maximum absolute atomic E-state index is 6.50. The van der Waals surface area contributed by atoms with Gasteiger partial charge >= 0.3 is 0 Å². The van der Waals surface area contributed by atoms with E-state index in [4.69, 9.17) is 4.74 Å². The van der Waals surface area contributed by atoms with Crippen LogP contribution in [0, 0.1) is 23.7 Å². The summed E-state index contributed by atoms with van der Waals surface area (Å²) in [5.74, 6) is 5.43. The van der Waals surface area contributed by atoms with E-state index < -0.39 is 0 Å². The molecule has 0 N–H and O–H groups in total. The first kappa shape index (κ1) is 43.7. The van der Waals surface area contributed by atoms with Gasteiger partial charge in [0.2, 0.25) is 0 Å². The Labute approximate surface area is 303 Å². The molecule has 2 nitrogen and oxygen atoms in total. The van der Waals surface area contributed by atoms with Crippen molar-refractivity contribution in [3.63, 3.8) is 0 Å². The summed E-state index contributed by atoms with van der Waals surface area (Å²) in [6, 6.07) is 0. The Morgan fingerprint density at radius 3 is 1.19 bits per heavy atom. The highest BCUT2D eigenvalue weighted by molar-refractivity contribution is 4.87. The van der Waals surface area contributed by atoms with Crippen LogP contribution in [-0.2, 0) is 4.74 Å². The van der Waals surface area contributed by atoms with Crippen molar-refractivity contribution >= 4 is 0 Å². The number of hydrogen-bond acceptors (Lipinski definition) is 2. The van der Waals surface area contributed by atoms with Crippen LogP contribution in [0.5, 0.6) is 0 Å². The van der Waals surface area contributed by atoms with Crippen LogP contribution in [0.15, 0.2) is 12.3 Å². The molecule has 0 amide bonds. The molecule has 0 aliphatic heterocycles. The lowest BCUT2D eigenvalue weighted by Gasteiger charge is -2.21. The molecule has 2 aliphatic carbocycles. The van der Waals surface area contributed by atoms with Crippen molar-refractivity contribution < 1.29 is 4.74 Å². The highest BCUT2D eigenvalue weighted by atomic mass is 16.5. The van der Waals surface area contributed by atoms with Gasteiger partial charge in [-0.25, -0.2) is 0 Å². The minimum absolute atomic E-state index is 0.397. The third-order valence-corrected chi connectivity index (χ3v) is 12.1. The monoisotopic (exact) mass is 672 g/mol. The topological polar surface area (TPSA) is 12.5 Å². The number of ether oxygens (including phenoxy) is 1. The zero-order valence-electron chi connectivity index (χ0n) is 33.7. The summed E-state index contributed by atoms with van der Waals surface area (Å²) < 4.78 is 6.50. The third kappa shape index (κ3) is 25.5. The fraction of sp³-hybridized carbons (Fsp3) is 0.957. The van der Waals surface area contributed by atoms with Gasteiger partial charge in [-0.1, -0.05) is 187 Å². The molecule has 0 bridgehead atoms. The molecule has 2 fully saturated rings. The second kappa shape index (κ2) is 30.2. The van der Waals surface area contributed by atoms with E-state index in [9.17, 15) is 0 Å². The van der Waals surface area contributed by atoms with Gasteiger partial charge in [-0.3, -0.25) is 0 Å². The number of unbranched alkanes of at least 4 members (excludes halogenated alkanes) is 20. The molecule has 0 aromatic carbocycles. The molecule has 0 aromatic heterocycles. The minimum Gasteiger partial charge on any atom is -0.495 e. The molecule has 0 radical (unpaired) electrons. The first-order valence-electron chi connectivity index (χ1n) is 22.5. The van der Waals surface area contributed by atoms with Crippen molar-refractivity contribution in [1.82, 2.24) is 4.90 Å². The van der Waals surface area contributed by atoms with Crippen LogP contribution in [0.1, 0.15) is 232 Å². The van der Waals surface area contributed by atoms with Gasteiger partial charge in [0, 0.05) is 6.42 Å². The van der Waals surface area contributed by atoms with E-state index in [2.05, 4.69) is 39.4 Å². The van der Waals surface area contributed by atoms with Crippen molar-refractivity contribution in [1.29, 1.82) is 0 Å². The highest BCUT2D eigenvalue weighted by Crippen LogP contribution is 2.46. The van der Waals surface area contributed by atoms with E-state index in [1.54, 1.807) is 12.8 Å². The maximum Gasteiger partial charge on any atom is 0.0982 e. The Hall–Kier alpha value is -0.500. The number of allylic oxidation sites excluding steroid dienone is 1. The SMILES string of the molecule is C=C(CCCN(C)C)OC(CCCCCCCCC1CC1CCCCCCCC)CCCCCCCCC1CC1CCCCCCCC. The molecule has 2 rings (SSSR count). The molecule has 0 heterocycles. The fourth-order valence-corrected chi connectivity index (χ4v) is 8.53. The Morgan fingerprint density at radius 1 is 0.500 bits per heavy atom. The zero-order chi connectivity index (χ0) is 34.5. The summed E-state index contributed by atoms with van der Waals surface area (Å²) in [5, 5.41) is 0. The van der Waals surface area contributed by atoms with Crippen molar-refractivity contribution in [2.75, 3.05) is 20.6 Å². The summed E-state index contributed by atoms with van der Waals surface area (Å²) in [6.45, 7) is 10.1. The van der Waals surface area contributed by atoms with Crippen molar-refractivity contribution in [2.24, 2.45) is 23.7 Å². The maximum atomic E-state index is 6.50. The Balaban J connectivity index is 1.45. The summed E-state index contributed by atoms with van der Waals surface area (Å²) in [4.78, 5) is 2.27. The molecule has 48 heavy (non-hydrogen) atoms. The fourth-order valence-electron chi connectivity index (χ4n) is 8.53. The lowest BCUT2D eigenvalue weighted by atomic mass is 10.0. The third-order valence-electron chi connectivity index (χ3n) is 12.1. The van der Waals surface area contributed by atoms with E-state index in [1.807, 2.05) is 0 Å². The number of hydrogen-bond donors (Lipinski definition) is 0. The van der Waals surface area contributed by atoms with Gasteiger partial charge in [0.1, 0.15) is 0 Å². The molecular weight excluding hydrogens is 583 g/mol. The van der Waals surface area contributed by atoms with Crippen molar-refractivity contribution in [2.45, 2.75) is 238 Å². The normalized spacial score (nSPS) is 20.8. The molecule has 0 aromatic rings. The first-order valence-corrected chi connectivity index (χ1v) is 22.5. The van der Waals surface area contributed by atoms with Crippen LogP contribution < -0.4 is 0 Å². The smallest absolute Gasteiger partial charge is 0.0982 e. The standard InChI is InChI=1S/C46H89NO/c1-6-8-10-12-18-24-32-42-39-44(42)34-26-20-14-16-22-28-36-46(48-41(3)31-30-38-47(4)5)37-29-23-17-15-21-27-35-45-40-43(45)33-25-19-13-11-9-7-2/h42-46H,3,6-40H2,1-2,4-5H3. The predicted octanol–water partition coefficient (Wildman–Crippen LogP) is 15.2. The zero-order valence-corrected chi connectivity index (χ0v) is 33.7. The van der Waals surface area contributed by atoms with E-state index in [1.165, 1.54) is 193 Å². The first-order chi connectivity index (χ1) is 23.5. The van der Waals surface area contributed by atoms with Gasteiger partial charge in [-0.2, -0.15) is 0 Å². The Bertz CT molecular complexity index is 671. The second-order valence-corrected chi connectivity index (χ2v) is 17.2. The summed E-state index contributed by atoms with van der Waals surface area (Å²) in [7, 11) is 4.32. The van der Waals surface area contributed by atoms with E-state index in [0.29, 0.717) is 6.10 Å². The second-order valence-electron chi connectivity index (χ2n) is 17.2. The summed E-state index contributed by atoms with van der Waals surface area (Å²) >= 11 is 0. The van der Waals surface area contributed by atoms with E-state index >= 15 is 0 Å². The van der Waals surface area contributed by atoms with Gasteiger partial charge in [0.25, 0.3) is 0 Å². The van der Waals surface area contributed by atoms with Gasteiger partial charge in [-0.15, -0.1) is 0 Å². The summed E-state index contributed by atoms with van der Waals surface area (Å²) in [5.41, 5.74) is 0. The van der Waals surface area contributed by atoms with E-state index in [0.717, 1.165) is 48.8 Å². The quantitative estimate of drug-likeness (QED) is 0.0478. The highest BCUT2D eigenvalue weighted by Gasteiger charge is 2.35. The lowest BCUT2D eigenvalue weighted by molar-refractivity contribution is 0.0891. The molecule has 4 unspecified atom stereocenters. The lowest BCUT2D eigenvalue weighted by Crippen LogP contribution is -2.15. The van der Waals surface area contributed by atoms with E-state index in [-0.39, 0.29) is 0 Å². The minimum atomic E-state index is 0.397. The molecule has 0 saturated heterocycles. The molecular formula is C46H89NO. The van der Waals surface area contributed by atoms with Crippen LogP contribution >= 0.6 is 0 Å². The number of nitrogens with zero attached hydrogens (tertiary/aromatic N) is 1.